The Bertz CT molecular complexity index is 565. The molecule has 132 valence electrons. The molecule has 0 unspecified atom stereocenters. The molecule has 24 heavy (non-hydrogen) atoms. The number of unbranched alkanes of at least 4 members (excludes halogenated alkanes) is 6. The van der Waals surface area contributed by atoms with Crippen LogP contribution in [-0.2, 0) is 4.74 Å². The fourth-order valence-electron chi connectivity index (χ4n) is 2.89. The Hall–Kier alpha value is -1.61. The number of anilines is 1. The molecule has 0 fully saturated rings. The first kappa shape index (κ1) is 18.7. The van der Waals surface area contributed by atoms with E-state index in [1.165, 1.54) is 62.4 Å². The lowest BCUT2D eigenvalue weighted by Crippen LogP contribution is -2.03. The van der Waals surface area contributed by atoms with Crippen LogP contribution in [0.4, 0.5) is 5.69 Å². The Labute approximate surface area is 146 Å². The molecule has 0 radical (unpaired) electrons. The minimum absolute atomic E-state index is 0.925. The highest BCUT2D eigenvalue weighted by Crippen LogP contribution is 2.20. The lowest BCUT2D eigenvalue weighted by molar-refractivity contribution is 0.126. The van der Waals surface area contributed by atoms with Gasteiger partial charge in [-0.05, 0) is 31.4 Å². The van der Waals surface area contributed by atoms with Crippen molar-refractivity contribution in [1.29, 1.82) is 0 Å². The summed E-state index contributed by atoms with van der Waals surface area (Å²) in [5, 5.41) is 4.75. The van der Waals surface area contributed by atoms with Gasteiger partial charge in [0.1, 0.15) is 0 Å². The third-order valence-corrected chi connectivity index (χ3v) is 4.32. The largest absolute Gasteiger partial charge is 0.384 e. The Kier molecular flexibility index (Phi) is 9.25. The van der Waals surface area contributed by atoms with E-state index in [1.54, 1.807) is 0 Å². The Morgan fingerprint density at radius 3 is 2.46 bits per heavy atom. The van der Waals surface area contributed by atoms with Crippen LogP contribution in [0.5, 0.6) is 0 Å². The van der Waals surface area contributed by atoms with E-state index in [2.05, 4.69) is 41.5 Å². The number of para-hydroxylation sites is 1. The topological polar surface area (TPSA) is 34.1 Å². The van der Waals surface area contributed by atoms with E-state index >= 15 is 0 Å². The molecule has 0 saturated carbocycles. The SMILES string of the molecule is CCCCCCOCCCCCCNc1ccnc2ccccc12. The summed E-state index contributed by atoms with van der Waals surface area (Å²) in [6.45, 7) is 5.13. The van der Waals surface area contributed by atoms with Crippen molar-refractivity contribution in [2.45, 2.75) is 58.3 Å². The molecule has 0 saturated heterocycles. The summed E-state index contributed by atoms with van der Waals surface area (Å²) in [5.74, 6) is 0. The third-order valence-electron chi connectivity index (χ3n) is 4.32. The van der Waals surface area contributed by atoms with E-state index in [0.717, 1.165) is 25.3 Å². The van der Waals surface area contributed by atoms with E-state index in [1.807, 2.05) is 12.3 Å². The second-order valence-corrected chi connectivity index (χ2v) is 6.39. The van der Waals surface area contributed by atoms with Crippen molar-refractivity contribution in [3.05, 3.63) is 36.5 Å². The average Bonchev–Trinajstić information content (AvgIpc) is 2.63. The number of hydrogen-bond donors (Lipinski definition) is 1. The molecule has 0 aliphatic rings. The second kappa shape index (κ2) is 11.9. The molecular weight excluding hydrogens is 296 g/mol. The average molecular weight is 328 g/mol. The van der Waals surface area contributed by atoms with Crippen LogP contribution in [0.3, 0.4) is 0 Å². The van der Waals surface area contributed by atoms with E-state index < -0.39 is 0 Å². The van der Waals surface area contributed by atoms with Crippen LogP contribution in [0, 0.1) is 0 Å². The third kappa shape index (κ3) is 6.88. The highest BCUT2D eigenvalue weighted by Gasteiger charge is 2.00. The highest BCUT2D eigenvalue weighted by atomic mass is 16.5. The molecule has 0 spiro atoms. The molecule has 3 nitrogen and oxygen atoms in total. The maximum Gasteiger partial charge on any atom is 0.0722 e. The fourth-order valence-corrected chi connectivity index (χ4v) is 2.89. The Balaban J connectivity index is 1.49. The van der Waals surface area contributed by atoms with Crippen molar-refractivity contribution in [1.82, 2.24) is 4.98 Å². The number of hydrogen-bond acceptors (Lipinski definition) is 3. The number of nitrogens with one attached hydrogen (secondary N) is 1. The fraction of sp³-hybridized carbons (Fsp3) is 0.571. The van der Waals surface area contributed by atoms with Crippen molar-refractivity contribution in [2.75, 3.05) is 25.1 Å². The summed E-state index contributed by atoms with van der Waals surface area (Å²) in [6.07, 6.45) is 11.9. The van der Waals surface area contributed by atoms with Gasteiger partial charge in [-0.3, -0.25) is 4.98 Å². The first-order chi connectivity index (χ1) is 11.9. The number of nitrogens with zero attached hydrogens (tertiary/aromatic N) is 1. The van der Waals surface area contributed by atoms with Gasteiger partial charge in [0.2, 0.25) is 0 Å². The van der Waals surface area contributed by atoms with Gasteiger partial charge < -0.3 is 10.1 Å². The van der Waals surface area contributed by atoms with Gasteiger partial charge >= 0.3 is 0 Å². The zero-order valence-corrected chi connectivity index (χ0v) is 15.1. The molecule has 0 atom stereocenters. The van der Waals surface area contributed by atoms with Gasteiger partial charge in [0.05, 0.1) is 5.52 Å². The monoisotopic (exact) mass is 328 g/mol. The number of pyridine rings is 1. The number of ether oxygens (including phenoxy) is 1. The zero-order chi connectivity index (χ0) is 16.9. The molecule has 2 aromatic rings. The Morgan fingerprint density at radius 2 is 1.62 bits per heavy atom. The van der Waals surface area contributed by atoms with Crippen molar-refractivity contribution in [2.24, 2.45) is 0 Å². The van der Waals surface area contributed by atoms with E-state index in [-0.39, 0.29) is 0 Å². The summed E-state index contributed by atoms with van der Waals surface area (Å²) < 4.78 is 5.68. The molecule has 0 aliphatic carbocycles. The van der Waals surface area contributed by atoms with Gasteiger partial charge in [-0.25, -0.2) is 0 Å². The minimum atomic E-state index is 0.925. The van der Waals surface area contributed by atoms with Crippen molar-refractivity contribution >= 4 is 16.6 Å². The van der Waals surface area contributed by atoms with Crippen LogP contribution in [0.25, 0.3) is 10.9 Å². The standard InChI is InChI=1S/C21H32N2O/c1-2-3-4-10-17-24-18-11-6-5-9-15-22-21-14-16-23-20-13-8-7-12-19(20)21/h7-8,12-14,16H,2-6,9-11,15,17-18H2,1H3,(H,22,23). The van der Waals surface area contributed by atoms with E-state index in [0.29, 0.717) is 0 Å². The van der Waals surface area contributed by atoms with Crippen molar-refractivity contribution in [3.8, 4) is 0 Å². The van der Waals surface area contributed by atoms with Crippen molar-refractivity contribution in [3.63, 3.8) is 0 Å². The first-order valence-electron chi connectivity index (χ1n) is 9.57. The van der Waals surface area contributed by atoms with Gasteiger partial charge in [-0.1, -0.05) is 57.2 Å². The number of aromatic nitrogens is 1. The van der Waals surface area contributed by atoms with Gasteiger partial charge in [-0.15, -0.1) is 0 Å². The zero-order valence-electron chi connectivity index (χ0n) is 15.1. The van der Waals surface area contributed by atoms with Crippen LogP contribution < -0.4 is 5.32 Å². The summed E-state index contributed by atoms with van der Waals surface area (Å²) in [5.41, 5.74) is 2.24. The van der Waals surface area contributed by atoms with Gasteiger partial charge in [0.25, 0.3) is 0 Å². The van der Waals surface area contributed by atoms with Crippen LogP contribution in [0.2, 0.25) is 0 Å². The van der Waals surface area contributed by atoms with E-state index in [9.17, 15) is 0 Å². The maximum absolute atomic E-state index is 5.68. The number of fused-ring (bicyclic) bond motifs is 1. The minimum Gasteiger partial charge on any atom is -0.384 e. The van der Waals surface area contributed by atoms with Crippen molar-refractivity contribution < 1.29 is 4.74 Å². The number of benzene rings is 1. The van der Waals surface area contributed by atoms with Crippen LogP contribution in [0.15, 0.2) is 36.5 Å². The van der Waals surface area contributed by atoms with Crippen LogP contribution in [0.1, 0.15) is 58.3 Å². The quantitative estimate of drug-likeness (QED) is 0.472. The van der Waals surface area contributed by atoms with Gasteiger partial charge in [-0.2, -0.15) is 0 Å². The molecular formula is C21H32N2O. The molecule has 2 rings (SSSR count). The first-order valence-corrected chi connectivity index (χ1v) is 9.57. The normalized spacial score (nSPS) is 11.0. The number of rotatable bonds is 13. The van der Waals surface area contributed by atoms with Crippen LogP contribution >= 0.6 is 0 Å². The second-order valence-electron chi connectivity index (χ2n) is 6.39. The predicted molar refractivity (Wildman–Crippen MR) is 104 cm³/mol. The lowest BCUT2D eigenvalue weighted by Gasteiger charge is -2.09. The van der Waals surface area contributed by atoms with Gasteiger partial charge in [0, 0.05) is 37.0 Å². The molecule has 1 N–H and O–H groups in total. The van der Waals surface area contributed by atoms with E-state index in [4.69, 9.17) is 4.74 Å². The maximum atomic E-state index is 5.68. The molecule has 0 amide bonds. The molecule has 3 heteroatoms. The Morgan fingerprint density at radius 1 is 0.875 bits per heavy atom. The molecule has 1 heterocycles. The molecule has 0 aliphatic heterocycles. The molecule has 1 aromatic heterocycles. The van der Waals surface area contributed by atoms with Gasteiger partial charge in [0.15, 0.2) is 0 Å². The predicted octanol–water partition coefficient (Wildman–Crippen LogP) is 5.80. The summed E-state index contributed by atoms with van der Waals surface area (Å²) >= 11 is 0. The highest BCUT2D eigenvalue weighted by molar-refractivity contribution is 5.90. The summed E-state index contributed by atoms with van der Waals surface area (Å²) in [4.78, 5) is 4.40. The summed E-state index contributed by atoms with van der Waals surface area (Å²) in [6, 6.07) is 10.3. The smallest absolute Gasteiger partial charge is 0.0722 e. The van der Waals surface area contributed by atoms with Crippen LogP contribution in [-0.4, -0.2) is 24.7 Å². The molecule has 1 aromatic carbocycles. The molecule has 0 bridgehead atoms. The lowest BCUT2D eigenvalue weighted by atomic mass is 10.1. The summed E-state index contributed by atoms with van der Waals surface area (Å²) in [7, 11) is 0.